The summed E-state index contributed by atoms with van der Waals surface area (Å²) in [7, 11) is 4.51. The zero-order chi connectivity index (χ0) is 16.2. The molecule has 0 aromatic heterocycles. The van der Waals surface area contributed by atoms with Gasteiger partial charge in [0.25, 0.3) is 0 Å². The van der Waals surface area contributed by atoms with Crippen molar-refractivity contribution in [2.75, 3.05) is 66.5 Å². The first kappa shape index (κ1) is 26.6. The summed E-state index contributed by atoms with van der Waals surface area (Å²) in [5.74, 6) is 1.84. The minimum atomic E-state index is 0. The summed E-state index contributed by atoms with van der Waals surface area (Å²) in [6.07, 6.45) is 5.40. The van der Waals surface area contributed by atoms with Crippen molar-refractivity contribution in [3.63, 3.8) is 0 Å². The maximum absolute atomic E-state index is 3.65. The summed E-state index contributed by atoms with van der Waals surface area (Å²) in [5, 5.41) is 7.03. The van der Waals surface area contributed by atoms with Gasteiger partial charge in [-0.15, -0.1) is 0 Å². The van der Waals surface area contributed by atoms with Gasteiger partial charge in [0.1, 0.15) is 0 Å². The van der Waals surface area contributed by atoms with Crippen LogP contribution in [-0.2, 0) is 0 Å². The number of nitrogens with one attached hydrogen (secondary N) is 2. The molecule has 0 radical (unpaired) electrons. The van der Waals surface area contributed by atoms with E-state index >= 15 is 0 Å². The second kappa shape index (κ2) is 16.9. The third-order valence-electron chi connectivity index (χ3n) is 5.10. The zero-order valence-corrected chi connectivity index (χ0v) is 17.8. The molecule has 0 amide bonds. The summed E-state index contributed by atoms with van der Waals surface area (Å²) in [4.78, 5) is 4.95. The lowest BCUT2D eigenvalue weighted by molar-refractivity contribution is -0.001000. The number of halogens is 2. The molecule has 0 aromatic rings. The van der Waals surface area contributed by atoms with Gasteiger partial charge in [-0.25, -0.2) is 0 Å². The lowest BCUT2D eigenvalue weighted by atomic mass is 9.73. The van der Waals surface area contributed by atoms with Crippen LogP contribution in [0.4, 0.5) is 0 Å². The van der Waals surface area contributed by atoms with Crippen molar-refractivity contribution in [3.8, 4) is 0 Å². The van der Waals surface area contributed by atoms with Gasteiger partial charge in [0.2, 0.25) is 0 Å². The molecule has 1 rings (SSSR count). The average Bonchev–Trinajstić information content (AvgIpc) is 2.50. The molecule has 2 unspecified atom stereocenters. The van der Waals surface area contributed by atoms with Crippen LogP contribution < -0.4 is 35.4 Å². The van der Waals surface area contributed by atoms with Crippen molar-refractivity contribution in [3.05, 3.63) is 0 Å². The Kier molecular flexibility index (Phi) is 18.7. The highest BCUT2D eigenvalue weighted by molar-refractivity contribution is 4.84. The molecule has 2 N–H and O–H groups in total. The highest BCUT2D eigenvalue weighted by atomic mass is 35.5. The Morgan fingerprint density at radius 1 is 0.875 bits per heavy atom. The molecule has 2 atom stereocenters. The summed E-state index contributed by atoms with van der Waals surface area (Å²) in [6, 6.07) is 0. The van der Waals surface area contributed by atoms with Crippen LogP contribution in [0, 0.1) is 11.8 Å². The van der Waals surface area contributed by atoms with Gasteiger partial charge in [0, 0.05) is 6.54 Å². The molecular formula is C18H42Cl2N4. The summed E-state index contributed by atoms with van der Waals surface area (Å²) in [6.45, 7) is 13.9. The predicted molar refractivity (Wildman–Crippen MR) is 99.8 cm³/mol. The molecule has 1 saturated carbocycles. The molecule has 24 heavy (non-hydrogen) atoms. The van der Waals surface area contributed by atoms with Crippen molar-refractivity contribution in [1.82, 2.24) is 20.4 Å². The number of hydrogen-bond donors (Lipinski definition) is 2. The second-order valence-corrected chi connectivity index (χ2v) is 7.02. The van der Waals surface area contributed by atoms with E-state index in [4.69, 9.17) is 0 Å². The van der Waals surface area contributed by atoms with Crippen molar-refractivity contribution in [2.45, 2.75) is 39.5 Å². The molecule has 0 aromatic carbocycles. The number of rotatable bonds is 14. The van der Waals surface area contributed by atoms with Crippen LogP contribution in [0.25, 0.3) is 0 Å². The number of nitrogens with zero attached hydrogens (tertiary/aromatic N) is 2. The molecule has 0 spiro atoms. The van der Waals surface area contributed by atoms with E-state index in [-0.39, 0.29) is 27.7 Å². The fourth-order valence-electron chi connectivity index (χ4n) is 3.21. The SMILES string of the molecule is CCNCCCNCC1CCC1CN(C)CCCN(C)CC.[Cl-].[Cl-].[H+].[H+]. The molecule has 0 aliphatic heterocycles. The molecule has 0 saturated heterocycles. The Morgan fingerprint density at radius 3 is 2.08 bits per heavy atom. The maximum atomic E-state index is 3.65. The third-order valence-corrected chi connectivity index (χ3v) is 5.10. The lowest BCUT2D eigenvalue weighted by Gasteiger charge is -2.39. The first-order chi connectivity index (χ1) is 10.7. The van der Waals surface area contributed by atoms with Gasteiger partial charge in [-0.2, -0.15) is 0 Å². The largest absolute Gasteiger partial charge is 1.00 e. The van der Waals surface area contributed by atoms with Crippen molar-refractivity contribution in [2.24, 2.45) is 11.8 Å². The molecule has 1 aliphatic rings. The minimum absolute atomic E-state index is 0. The molecule has 0 heterocycles. The normalized spacial score (nSPS) is 19.8. The van der Waals surface area contributed by atoms with Crippen LogP contribution in [-0.4, -0.2) is 76.3 Å². The highest BCUT2D eigenvalue weighted by Crippen LogP contribution is 2.34. The monoisotopic (exact) mass is 384 g/mol. The quantitative estimate of drug-likeness (QED) is 0.300. The van der Waals surface area contributed by atoms with E-state index in [0.29, 0.717) is 0 Å². The molecule has 4 nitrogen and oxygen atoms in total. The van der Waals surface area contributed by atoms with Crippen LogP contribution in [0.1, 0.15) is 42.4 Å². The van der Waals surface area contributed by atoms with Gasteiger partial charge in [0.05, 0.1) is 0 Å². The molecule has 0 bridgehead atoms. The van der Waals surface area contributed by atoms with Crippen molar-refractivity contribution in [1.29, 1.82) is 0 Å². The van der Waals surface area contributed by atoms with Crippen LogP contribution in [0.15, 0.2) is 0 Å². The van der Waals surface area contributed by atoms with Crippen LogP contribution >= 0.6 is 0 Å². The van der Waals surface area contributed by atoms with E-state index < -0.39 is 0 Å². The Hall–Kier alpha value is 0.420. The van der Waals surface area contributed by atoms with Gasteiger partial charge in [-0.05, 0) is 97.4 Å². The first-order valence-electron chi connectivity index (χ1n) is 9.45. The predicted octanol–water partition coefficient (Wildman–Crippen LogP) is -3.89. The summed E-state index contributed by atoms with van der Waals surface area (Å²) < 4.78 is 0. The molecular weight excluding hydrogens is 343 g/mol. The van der Waals surface area contributed by atoms with Gasteiger partial charge in [-0.1, -0.05) is 13.8 Å². The lowest BCUT2D eigenvalue weighted by Crippen LogP contribution is -3.00. The average molecular weight is 385 g/mol. The highest BCUT2D eigenvalue weighted by Gasteiger charge is 2.30. The van der Waals surface area contributed by atoms with Crippen molar-refractivity contribution >= 4 is 0 Å². The van der Waals surface area contributed by atoms with E-state index in [1.807, 2.05) is 0 Å². The van der Waals surface area contributed by atoms with Gasteiger partial charge >= 0.3 is 2.85 Å². The Bertz CT molecular complexity index is 280. The molecule has 6 heteroatoms. The van der Waals surface area contributed by atoms with E-state index in [9.17, 15) is 0 Å². The Balaban J connectivity index is -0.000000605. The molecule has 1 aliphatic carbocycles. The van der Waals surface area contributed by atoms with Crippen LogP contribution in [0.5, 0.6) is 0 Å². The third kappa shape index (κ3) is 11.9. The summed E-state index contributed by atoms with van der Waals surface area (Å²) >= 11 is 0. The standard InChI is InChI=1S/C18H40N4.2ClH/c1-5-19-11-7-12-20-15-17-9-10-18(17)16-22(4)14-8-13-21(3)6-2;;/h17-20H,5-16H2,1-4H3;2*1H. The van der Waals surface area contributed by atoms with E-state index in [2.05, 4.69) is 48.4 Å². The van der Waals surface area contributed by atoms with Crippen LogP contribution in [0.2, 0.25) is 0 Å². The van der Waals surface area contributed by atoms with Gasteiger partial charge in [0.15, 0.2) is 0 Å². The zero-order valence-electron chi connectivity index (χ0n) is 18.3. The first-order valence-corrected chi connectivity index (χ1v) is 9.45. The van der Waals surface area contributed by atoms with Gasteiger partial charge in [-0.3, -0.25) is 0 Å². The smallest absolute Gasteiger partial charge is 1.00 e. The molecule has 1 fully saturated rings. The topological polar surface area (TPSA) is 30.5 Å². The van der Waals surface area contributed by atoms with E-state index in [0.717, 1.165) is 38.0 Å². The Labute approximate surface area is 166 Å². The second-order valence-electron chi connectivity index (χ2n) is 7.02. The minimum Gasteiger partial charge on any atom is -1.00 e. The van der Waals surface area contributed by atoms with Gasteiger partial charge < -0.3 is 45.2 Å². The maximum Gasteiger partial charge on any atom is 1.00 e. The fourth-order valence-corrected chi connectivity index (χ4v) is 3.21. The summed E-state index contributed by atoms with van der Waals surface area (Å²) in [5.41, 5.74) is 0. The van der Waals surface area contributed by atoms with Crippen molar-refractivity contribution < 1.29 is 27.7 Å². The van der Waals surface area contributed by atoms with E-state index in [1.165, 1.54) is 51.9 Å². The number of hydrogen-bond acceptors (Lipinski definition) is 4. The van der Waals surface area contributed by atoms with E-state index in [1.54, 1.807) is 0 Å². The molecule has 148 valence electrons. The Morgan fingerprint density at radius 2 is 1.50 bits per heavy atom. The van der Waals surface area contributed by atoms with Crippen LogP contribution in [0.3, 0.4) is 0 Å². The fraction of sp³-hybridized carbons (Fsp3) is 1.00.